The van der Waals surface area contributed by atoms with Gasteiger partial charge in [0, 0.05) is 26.2 Å². The fourth-order valence-electron chi connectivity index (χ4n) is 4.94. The fraction of sp³-hybridized carbons (Fsp3) is 0.462. The van der Waals surface area contributed by atoms with Crippen molar-refractivity contribution in [2.24, 2.45) is 5.41 Å². The Morgan fingerprint density at radius 2 is 1.90 bits per heavy atom. The number of piperidine rings is 1. The highest BCUT2D eigenvalue weighted by molar-refractivity contribution is 5.86. The molecule has 5 nitrogen and oxygen atoms in total. The van der Waals surface area contributed by atoms with Crippen molar-refractivity contribution in [1.29, 1.82) is 0 Å². The van der Waals surface area contributed by atoms with Gasteiger partial charge in [0.15, 0.2) is 0 Å². The number of carbonyl (C=O) groups is 2. The summed E-state index contributed by atoms with van der Waals surface area (Å²) in [6, 6.07) is 18.7. The molecule has 2 fully saturated rings. The first-order valence-corrected chi connectivity index (χ1v) is 11.4. The van der Waals surface area contributed by atoms with Gasteiger partial charge in [-0.05, 0) is 55.7 Å². The summed E-state index contributed by atoms with van der Waals surface area (Å²) in [5, 5.41) is 3.04. The van der Waals surface area contributed by atoms with E-state index in [4.69, 9.17) is 4.74 Å². The van der Waals surface area contributed by atoms with Crippen LogP contribution in [0.2, 0.25) is 0 Å². The number of nitrogens with one attached hydrogen (secondary N) is 1. The molecule has 2 heterocycles. The van der Waals surface area contributed by atoms with Gasteiger partial charge in [0.2, 0.25) is 5.91 Å². The molecule has 2 aliphatic heterocycles. The van der Waals surface area contributed by atoms with Crippen LogP contribution in [0.4, 0.5) is 0 Å². The van der Waals surface area contributed by atoms with Crippen LogP contribution in [0.5, 0.6) is 0 Å². The Bertz CT molecular complexity index is 908. The Hall–Kier alpha value is -2.66. The molecule has 5 heteroatoms. The lowest BCUT2D eigenvalue weighted by molar-refractivity contribution is -0.148. The molecule has 0 bridgehead atoms. The number of hydrogen-bond donors (Lipinski definition) is 1. The molecule has 0 unspecified atom stereocenters. The quantitative estimate of drug-likeness (QED) is 0.773. The topological polar surface area (TPSA) is 58.6 Å². The molecule has 164 valence electrons. The minimum atomic E-state index is -0.613. The van der Waals surface area contributed by atoms with Crippen LogP contribution in [0.15, 0.2) is 54.6 Å². The minimum absolute atomic E-state index is 0.0453. The van der Waals surface area contributed by atoms with Crippen LogP contribution < -0.4 is 5.32 Å². The zero-order chi connectivity index (χ0) is 21.7. The molecular formula is C26H32N2O3. The highest BCUT2D eigenvalue weighted by Gasteiger charge is 2.44. The highest BCUT2D eigenvalue weighted by Crippen LogP contribution is 2.36. The van der Waals surface area contributed by atoms with E-state index in [1.165, 1.54) is 0 Å². The van der Waals surface area contributed by atoms with Crippen molar-refractivity contribution >= 4 is 11.8 Å². The second kappa shape index (κ2) is 9.65. The molecule has 2 aromatic rings. The Morgan fingerprint density at radius 3 is 2.65 bits per heavy atom. The van der Waals surface area contributed by atoms with Crippen LogP contribution in [0.3, 0.4) is 0 Å². The van der Waals surface area contributed by atoms with Gasteiger partial charge in [-0.25, -0.2) is 0 Å². The average molecular weight is 421 g/mol. The number of ether oxygens (including phenoxy) is 1. The summed E-state index contributed by atoms with van der Waals surface area (Å²) >= 11 is 0. The van der Waals surface area contributed by atoms with E-state index in [0.717, 1.165) is 42.4 Å². The van der Waals surface area contributed by atoms with Gasteiger partial charge < -0.3 is 15.0 Å². The zero-order valence-corrected chi connectivity index (χ0v) is 18.3. The number of likely N-dealkylation sites (tertiary alicyclic amines) is 1. The van der Waals surface area contributed by atoms with Crippen LogP contribution in [-0.4, -0.2) is 49.1 Å². The molecule has 0 aromatic heterocycles. The van der Waals surface area contributed by atoms with Gasteiger partial charge >= 0.3 is 0 Å². The van der Waals surface area contributed by atoms with E-state index in [1.54, 1.807) is 0 Å². The van der Waals surface area contributed by atoms with Crippen molar-refractivity contribution in [2.45, 2.75) is 45.1 Å². The third-order valence-electron chi connectivity index (χ3n) is 6.49. The number of amides is 2. The van der Waals surface area contributed by atoms with Crippen LogP contribution >= 0.6 is 0 Å². The van der Waals surface area contributed by atoms with Gasteiger partial charge in [0.25, 0.3) is 5.91 Å². The molecule has 0 aliphatic carbocycles. The molecule has 2 saturated heterocycles. The summed E-state index contributed by atoms with van der Waals surface area (Å²) < 4.78 is 5.64. The van der Waals surface area contributed by atoms with Gasteiger partial charge in [0.05, 0.1) is 5.41 Å². The predicted octanol–water partition coefficient (Wildman–Crippen LogP) is 3.82. The number of carbonyl (C=O) groups excluding carboxylic acids is 2. The second-order valence-electron chi connectivity index (χ2n) is 8.75. The average Bonchev–Trinajstić information content (AvgIpc) is 3.35. The molecule has 4 rings (SSSR count). The summed E-state index contributed by atoms with van der Waals surface area (Å²) in [4.78, 5) is 28.2. The summed E-state index contributed by atoms with van der Waals surface area (Å²) in [5.74, 6) is 0.0915. The molecule has 0 saturated carbocycles. The zero-order valence-electron chi connectivity index (χ0n) is 18.3. The van der Waals surface area contributed by atoms with Gasteiger partial charge in [0.1, 0.15) is 6.10 Å². The van der Waals surface area contributed by atoms with Gasteiger partial charge in [-0.15, -0.1) is 0 Å². The van der Waals surface area contributed by atoms with Gasteiger partial charge in [-0.1, -0.05) is 54.6 Å². The molecule has 1 N–H and O–H groups in total. The number of hydrogen-bond acceptors (Lipinski definition) is 3. The number of rotatable bonds is 6. The van der Waals surface area contributed by atoms with Crippen molar-refractivity contribution in [3.05, 3.63) is 60.2 Å². The van der Waals surface area contributed by atoms with E-state index in [2.05, 4.69) is 41.7 Å². The van der Waals surface area contributed by atoms with E-state index in [-0.39, 0.29) is 17.9 Å². The molecule has 31 heavy (non-hydrogen) atoms. The number of nitrogens with zero attached hydrogens (tertiary/aromatic N) is 1. The van der Waals surface area contributed by atoms with Crippen molar-refractivity contribution in [1.82, 2.24) is 10.2 Å². The maximum absolute atomic E-state index is 13.3. The molecule has 2 amide bonds. The van der Waals surface area contributed by atoms with E-state index >= 15 is 0 Å². The van der Waals surface area contributed by atoms with Gasteiger partial charge in [-0.2, -0.15) is 0 Å². The largest absolute Gasteiger partial charge is 0.368 e. The third-order valence-corrected chi connectivity index (χ3v) is 6.49. The SMILES string of the molecule is CCNC(=O)[C@@]1(Cc2cccc(-c3ccccc3)c2)CCCN(C(=O)[C@@H]2CCCO2)C1. The number of benzene rings is 2. The molecule has 2 aromatic carbocycles. The lowest BCUT2D eigenvalue weighted by Gasteiger charge is -2.42. The Balaban J connectivity index is 1.59. The van der Waals surface area contributed by atoms with Crippen molar-refractivity contribution < 1.29 is 14.3 Å². The third kappa shape index (κ3) is 4.82. The Kier molecular flexibility index (Phi) is 6.71. The van der Waals surface area contributed by atoms with Crippen LogP contribution in [0, 0.1) is 5.41 Å². The van der Waals surface area contributed by atoms with Crippen LogP contribution in [0.25, 0.3) is 11.1 Å². The smallest absolute Gasteiger partial charge is 0.251 e. The van der Waals surface area contributed by atoms with Crippen molar-refractivity contribution in [3.63, 3.8) is 0 Å². The Labute approximate surface area is 184 Å². The summed E-state index contributed by atoms with van der Waals surface area (Å²) in [6.07, 6.45) is 3.60. The van der Waals surface area contributed by atoms with Crippen LogP contribution in [-0.2, 0) is 20.7 Å². The molecule has 2 aliphatic rings. The van der Waals surface area contributed by atoms with Crippen molar-refractivity contribution in [2.75, 3.05) is 26.2 Å². The summed E-state index contributed by atoms with van der Waals surface area (Å²) in [5.41, 5.74) is 2.82. The predicted molar refractivity (Wildman–Crippen MR) is 121 cm³/mol. The minimum Gasteiger partial charge on any atom is -0.368 e. The van der Waals surface area contributed by atoms with Gasteiger partial charge in [-0.3, -0.25) is 9.59 Å². The lowest BCUT2D eigenvalue weighted by Crippen LogP contribution is -2.56. The highest BCUT2D eigenvalue weighted by atomic mass is 16.5. The maximum atomic E-state index is 13.3. The molecule has 2 atom stereocenters. The van der Waals surface area contributed by atoms with E-state index < -0.39 is 5.41 Å². The first kappa shape index (κ1) is 21.6. The Morgan fingerprint density at radius 1 is 1.10 bits per heavy atom. The van der Waals surface area contributed by atoms with E-state index in [0.29, 0.717) is 32.7 Å². The standard InChI is InChI=1S/C26H32N2O3/c1-2-27-25(30)26(14-8-15-28(19-26)24(29)23-13-7-16-31-23)18-20-9-6-12-22(17-20)21-10-4-3-5-11-21/h3-6,9-12,17,23H,2,7-8,13-16,18-19H2,1H3,(H,27,30)/t23-,26+/m0/s1. The summed E-state index contributed by atoms with van der Waals surface area (Å²) in [6.45, 7) is 4.33. The first-order chi connectivity index (χ1) is 15.1. The molecular weight excluding hydrogens is 388 g/mol. The second-order valence-corrected chi connectivity index (χ2v) is 8.75. The maximum Gasteiger partial charge on any atom is 0.251 e. The van der Waals surface area contributed by atoms with Crippen molar-refractivity contribution in [3.8, 4) is 11.1 Å². The monoisotopic (exact) mass is 420 g/mol. The lowest BCUT2D eigenvalue weighted by atomic mass is 9.73. The molecule has 0 spiro atoms. The van der Waals surface area contributed by atoms with E-state index in [9.17, 15) is 9.59 Å². The first-order valence-electron chi connectivity index (χ1n) is 11.4. The summed E-state index contributed by atoms with van der Waals surface area (Å²) in [7, 11) is 0. The fourth-order valence-corrected chi connectivity index (χ4v) is 4.94. The van der Waals surface area contributed by atoms with E-state index in [1.807, 2.05) is 30.0 Å². The molecule has 0 radical (unpaired) electrons. The normalized spacial score (nSPS) is 23.5. The van der Waals surface area contributed by atoms with Crippen LogP contribution in [0.1, 0.15) is 38.2 Å².